The number of aryl methyl sites for hydroxylation is 1. The van der Waals surface area contributed by atoms with E-state index in [-0.39, 0.29) is 5.91 Å². The molecule has 0 atom stereocenters. The molecular formula is C34H40N8O3. The maximum Gasteiger partial charge on any atom is 0.276 e. The molecule has 1 aliphatic carbocycles. The number of nitrogens with one attached hydrogen (secondary N) is 2. The van der Waals surface area contributed by atoms with E-state index >= 15 is 0 Å². The van der Waals surface area contributed by atoms with Crippen molar-refractivity contribution in [3.05, 3.63) is 66.0 Å². The van der Waals surface area contributed by atoms with Gasteiger partial charge in [0, 0.05) is 67.5 Å². The van der Waals surface area contributed by atoms with Gasteiger partial charge in [-0.3, -0.25) is 24.2 Å². The van der Waals surface area contributed by atoms with Crippen LogP contribution >= 0.6 is 0 Å². The summed E-state index contributed by atoms with van der Waals surface area (Å²) in [6, 6.07) is 11.9. The van der Waals surface area contributed by atoms with Crippen LogP contribution in [0.25, 0.3) is 27.7 Å². The van der Waals surface area contributed by atoms with E-state index in [1.54, 1.807) is 14.2 Å². The van der Waals surface area contributed by atoms with Gasteiger partial charge in [0.05, 0.1) is 42.3 Å². The quantitative estimate of drug-likeness (QED) is 0.262. The Bertz CT molecular complexity index is 1850. The topological polar surface area (TPSA) is 113 Å². The van der Waals surface area contributed by atoms with Crippen molar-refractivity contribution in [2.75, 3.05) is 52.8 Å². The van der Waals surface area contributed by atoms with Crippen LogP contribution < -0.4 is 14.8 Å². The molecule has 0 bridgehead atoms. The molecule has 1 aliphatic heterocycles. The van der Waals surface area contributed by atoms with Crippen LogP contribution in [0.15, 0.2) is 48.8 Å². The average molecular weight is 609 g/mol. The first-order valence-electron chi connectivity index (χ1n) is 15.7. The first-order chi connectivity index (χ1) is 21.9. The lowest BCUT2D eigenvalue weighted by atomic mass is 9.84. The molecule has 2 fully saturated rings. The molecular weight excluding hydrogens is 568 g/mol. The maximum absolute atomic E-state index is 13.3. The molecule has 11 nitrogen and oxygen atoms in total. The van der Waals surface area contributed by atoms with Crippen LogP contribution in [-0.2, 0) is 0 Å². The van der Waals surface area contributed by atoms with Gasteiger partial charge in [0.2, 0.25) is 0 Å². The predicted molar refractivity (Wildman–Crippen MR) is 174 cm³/mol. The number of carbonyl (C=O) groups is 1. The molecule has 2 N–H and O–H groups in total. The second-order valence-electron chi connectivity index (χ2n) is 12.2. The van der Waals surface area contributed by atoms with Crippen molar-refractivity contribution >= 4 is 28.0 Å². The van der Waals surface area contributed by atoms with Crippen LogP contribution in [0.3, 0.4) is 0 Å². The zero-order valence-corrected chi connectivity index (χ0v) is 26.3. The minimum Gasteiger partial charge on any atom is -0.497 e. The molecule has 0 spiro atoms. The van der Waals surface area contributed by atoms with Crippen molar-refractivity contribution in [3.63, 3.8) is 0 Å². The summed E-state index contributed by atoms with van der Waals surface area (Å²) >= 11 is 0. The number of fused-ring (bicyclic) bond motifs is 2. The Hall–Kier alpha value is -4.48. The molecule has 5 aromatic rings. The van der Waals surface area contributed by atoms with E-state index in [0.717, 1.165) is 59.7 Å². The average Bonchev–Trinajstić information content (AvgIpc) is 3.68. The molecule has 1 amide bonds. The van der Waals surface area contributed by atoms with E-state index in [2.05, 4.69) is 41.7 Å². The highest BCUT2D eigenvalue weighted by Gasteiger charge is 2.31. The van der Waals surface area contributed by atoms with E-state index in [9.17, 15) is 4.79 Å². The minimum atomic E-state index is -0.334. The fourth-order valence-corrected chi connectivity index (χ4v) is 7.02. The number of methoxy groups -OCH3 is 2. The highest BCUT2D eigenvalue weighted by Crippen LogP contribution is 2.39. The van der Waals surface area contributed by atoms with E-state index in [1.165, 1.54) is 25.9 Å². The normalized spacial score (nSPS) is 19.6. The molecule has 2 aromatic carbocycles. The number of aromatic nitrogens is 5. The molecule has 3 aromatic heterocycles. The number of likely N-dealkylation sites (N-methyl/N-ethyl adjacent to an activating group) is 1. The van der Waals surface area contributed by atoms with Crippen LogP contribution in [0.2, 0.25) is 0 Å². The number of rotatable bonds is 7. The van der Waals surface area contributed by atoms with Gasteiger partial charge in [-0.05, 0) is 63.9 Å². The molecule has 1 saturated carbocycles. The first kappa shape index (κ1) is 29.2. The Labute approximate surface area is 262 Å². The van der Waals surface area contributed by atoms with Crippen molar-refractivity contribution in [1.29, 1.82) is 0 Å². The van der Waals surface area contributed by atoms with Crippen molar-refractivity contribution in [2.24, 2.45) is 0 Å². The number of carbonyl (C=O) groups excluding carboxylic acids is 1. The second-order valence-corrected chi connectivity index (χ2v) is 12.2. The largest absolute Gasteiger partial charge is 0.497 e. The zero-order valence-electron chi connectivity index (χ0n) is 26.3. The van der Waals surface area contributed by atoms with E-state index in [4.69, 9.17) is 14.5 Å². The molecule has 4 heterocycles. The van der Waals surface area contributed by atoms with Crippen LogP contribution in [0.5, 0.6) is 11.5 Å². The van der Waals surface area contributed by atoms with Gasteiger partial charge in [0.1, 0.15) is 17.3 Å². The van der Waals surface area contributed by atoms with Gasteiger partial charge in [0.15, 0.2) is 5.69 Å². The van der Waals surface area contributed by atoms with Crippen LogP contribution in [-0.4, -0.2) is 93.8 Å². The number of hydrogen-bond donors (Lipinski definition) is 2. The molecule has 45 heavy (non-hydrogen) atoms. The molecule has 2 aliphatic rings. The van der Waals surface area contributed by atoms with Crippen molar-refractivity contribution in [3.8, 4) is 22.8 Å². The van der Waals surface area contributed by atoms with Crippen molar-refractivity contribution in [1.82, 2.24) is 34.4 Å². The molecule has 0 unspecified atom stereocenters. The van der Waals surface area contributed by atoms with Crippen LogP contribution in [0.1, 0.15) is 53.6 Å². The van der Waals surface area contributed by atoms with Gasteiger partial charge < -0.3 is 19.7 Å². The monoisotopic (exact) mass is 608 g/mol. The summed E-state index contributed by atoms with van der Waals surface area (Å²) in [7, 11) is 5.42. The summed E-state index contributed by atoms with van der Waals surface area (Å²) in [4.78, 5) is 28.3. The number of ether oxygens (including phenoxy) is 2. The lowest BCUT2D eigenvalue weighted by Gasteiger charge is -2.41. The van der Waals surface area contributed by atoms with Gasteiger partial charge >= 0.3 is 0 Å². The second kappa shape index (κ2) is 12.1. The van der Waals surface area contributed by atoms with Gasteiger partial charge in [-0.2, -0.15) is 5.10 Å². The van der Waals surface area contributed by atoms with Crippen LogP contribution in [0, 0.1) is 6.92 Å². The van der Waals surface area contributed by atoms with E-state index in [0.29, 0.717) is 40.2 Å². The lowest BCUT2D eigenvalue weighted by Crippen LogP contribution is -2.49. The SMILES string of the molecule is COc1ccc2c(C(=O)Nc3ccc(-c4nc(C5CCC(N6CCN(C)CC6)CC5)n5ccnc(C)c45)cc3OC)n[nH]c2c1. The standard InChI is InChI=1S/C34H40N8O3/c1-21-32-30(37-33(42(32)14-13-35-21)22-5-8-24(9-6-22)41-17-15-40(2)16-18-41)23-7-12-27(29(19-23)45-4)36-34(43)31-26-11-10-25(44-3)20-28(26)38-39-31/h7,10-14,19-20,22,24H,5-6,8-9,15-18H2,1-4H3,(H,36,43)(H,38,39). The lowest BCUT2D eigenvalue weighted by molar-refractivity contribution is 0.0872. The third kappa shape index (κ3) is 5.51. The number of anilines is 1. The van der Waals surface area contributed by atoms with Crippen LogP contribution in [0.4, 0.5) is 5.69 Å². The Morgan fingerprint density at radius 1 is 1.00 bits per heavy atom. The zero-order chi connectivity index (χ0) is 31.1. The number of imidazole rings is 1. The van der Waals surface area contributed by atoms with Crippen molar-refractivity contribution < 1.29 is 14.3 Å². The fraction of sp³-hybridized carbons (Fsp3) is 0.412. The summed E-state index contributed by atoms with van der Waals surface area (Å²) in [5.74, 6) is 2.38. The third-order valence-corrected chi connectivity index (χ3v) is 9.59. The minimum absolute atomic E-state index is 0.299. The molecule has 1 saturated heterocycles. The van der Waals surface area contributed by atoms with E-state index < -0.39 is 0 Å². The number of amides is 1. The molecule has 7 rings (SSSR count). The first-order valence-corrected chi connectivity index (χ1v) is 15.7. The number of H-pyrrole nitrogens is 1. The van der Waals surface area contributed by atoms with Gasteiger partial charge in [-0.1, -0.05) is 6.07 Å². The number of hydrogen-bond acceptors (Lipinski definition) is 8. The summed E-state index contributed by atoms with van der Waals surface area (Å²) in [5, 5.41) is 10.9. The Balaban J connectivity index is 1.14. The Morgan fingerprint density at radius 3 is 2.56 bits per heavy atom. The summed E-state index contributed by atoms with van der Waals surface area (Å²) in [6.45, 7) is 6.67. The fourth-order valence-electron chi connectivity index (χ4n) is 7.02. The van der Waals surface area contributed by atoms with Gasteiger partial charge in [-0.25, -0.2) is 4.98 Å². The molecule has 234 valence electrons. The van der Waals surface area contributed by atoms with Gasteiger partial charge in [0.25, 0.3) is 5.91 Å². The number of nitrogens with zero attached hydrogens (tertiary/aromatic N) is 6. The predicted octanol–water partition coefficient (Wildman–Crippen LogP) is 5.12. The Morgan fingerprint density at radius 2 is 1.80 bits per heavy atom. The van der Waals surface area contributed by atoms with Crippen molar-refractivity contribution in [2.45, 2.75) is 44.6 Å². The molecule has 11 heteroatoms. The summed E-state index contributed by atoms with van der Waals surface area (Å²) in [5.41, 5.74) is 5.29. The van der Waals surface area contributed by atoms with E-state index in [1.807, 2.05) is 55.7 Å². The smallest absolute Gasteiger partial charge is 0.276 e. The van der Waals surface area contributed by atoms with Gasteiger partial charge in [-0.15, -0.1) is 0 Å². The summed E-state index contributed by atoms with van der Waals surface area (Å²) < 4.78 is 13.3. The third-order valence-electron chi connectivity index (χ3n) is 9.59. The highest BCUT2D eigenvalue weighted by molar-refractivity contribution is 6.11. The number of benzene rings is 2. The molecule has 0 radical (unpaired) electrons. The number of aromatic amines is 1. The maximum atomic E-state index is 13.3. The highest BCUT2D eigenvalue weighted by atomic mass is 16.5. The Kier molecular flexibility index (Phi) is 7.88. The number of piperazine rings is 1. The summed E-state index contributed by atoms with van der Waals surface area (Å²) in [6.07, 6.45) is 8.55.